The Morgan fingerprint density at radius 3 is 2.61 bits per heavy atom. The molecule has 0 saturated heterocycles. The fraction of sp³-hybridized carbons (Fsp3) is 0.400. The first-order chi connectivity index (χ1) is 8.30. The highest BCUT2D eigenvalue weighted by atomic mass is 16.3. The zero-order valence-electron chi connectivity index (χ0n) is 11.4. The molecule has 0 saturated carbocycles. The number of hydrogen-bond acceptors (Lipinski definition) is 3. The molecule has 0 spiro atoms. The first-order valence-corrected chi connectivity index (χ1v) is 6.06. The van der Waals surface area contributed by atoms with Gasteiger partial charge in [-0.15, -0.1) is 0 Å². The molecule has 1 aromatic rings. The van der Waals surface area contributed by atoms with Crippen molar-refractivity contribution in [3.8, 4) is 0 Å². The van der Waals surface area contributed by atoms with Gasteiger partial charge in [-0.3, -0.25) is 4.79 Å². The molecule has 0 amide bonds. The highest BCUT2D eigenvalue weighted by Gasteiger charge is 2.17. The highest BCUT2D eigenvalue weighted by Crippen LogP contribution is 2.18. The summed E-state index contributed by atoms with van der Waals surface area (Å²) in [5, 5.41) is 12.5. The molecule has 0 bridgehead atoms. The Morgan fingerprint density at radius 1 is 1.39 bits per heavy atom. The molecular weight excluding hydrogens is 226 g/mol. The monoisotopic (exact) mass is 247 g/mol. The standard InChI is InChI=1S/C15H21NO2/c1-11(17)12-6-5-7-13(10-12)16-9-8-14(18)15(2,3)4/h5-11,16-17H,1-4H3/b9-8+/t11-/m1/s1. The minimum absolute atomic E-state index is 0.0710. The Hall–Kier alpha value is -1.61. The average molecular weight is 247 g/mol. The van der Waals surface area contributed by atoms with Crippen LogP contribution in [0.3, 0.4) is 0 Å². The van der Waals surface area contributed by atoms with Crippen molar-refractivity contribution in [1.29, 1.82) is 0 Å². The normalized spacial score (nSPS) is 13.6. The van der Waals surface area contributed by atoms with E-state index in [1.807, 2.05) is 45.0 Å². The van der Waals surface area contributed by atoms with E-state index in [9.17, 15) is 9.90 Å². The summed E-state index contributed by atoms with van der Waals surface area (Å²) < 4.78 is 0. The number of ketones is 1. The second-order valence-electron chi connectivity index (χ2n) is 5.39. The molecule has 0 heterocycles. The Kier molecular flexibility index (Phi) is 4.68. The van der Waals surface area contributed by atoms with E-state index in [0.29, 0.717) is 0 Å². The van der Waals surface area contributed by atoms with Gasteiger partial charge >= 0.3 is 0 Å². The van der Waals surface area contributed by atoms with Crippen LogP contribution in [0.15, 0.2) is 36.5 Å². The molecule has 0 aromatic heterocycles. The maximum atomic E-state index is 11.7. The van der Waals surface area contributed by atoms with Crippen molar-refractivity contribution in [2.45, 2.75) is 33.8 Å². The van der Waals surface area contributed by atoms with Crippen molar-refractivity contribution in [3.05, 3.63) is 42.1 Å². The van der Waals surface area contributed by atoms with E-state index in [0.717, 1.165) is 11.3 Å². The second kappa shape index (κ2) is 5.83. The first-order valence-electron chi connectivity index (χ1n) is 6.06. The van der Waals surface area contributed by atoms with Gasteiger partial charge in [0, 0.05) is 17.3 Å². The molecule has 0 fully saturated rings. The summed E-state index contributed by atoms with van der Waals surface area (Å²) in [4.78, 5) is 11.7. The first kappa shape index (κ1) is 14.5. The van der Waals surface area contributed by atoms with Gasteiger partial charge in [-0.25, -0.2) is 0 Å². The Labute approximate surface area is 109 Å². The van der Waals surface area contributed by atoms with Gasteiger partial charge in [0.25, 0.3) is 0 Å². The summed E-state index contributed by atoms with van der Waals surface area (Å²) >= 11 is 0. The van der Waals surface area contributed by atoms with E-state index in [1.54, 1.807) is 13.1 Å². The molecule has 98 valence electrons. The van der Waals surface area contributed by atoms with Gasteiger partial charge in [-0.1, -0.05) is 32.9 Å². The van der Waals surface area contributed by atoms with Gasteiger partial charge in [0.15, 0.2) is 5.78 Å². The van der Waals surface area contributed by atoms with E-state index in [1.165, 1.54) is 6.08 Å². The number of aliphatic hydroxyl groups excluding tert-OH is 1. The minimum atomic E-state index is -0.494. The van der Waals surface area contributed by atoms with Crippen LogP contribution >= 0.6 is 0 Å². The largest absolute Gasteiger partial charge is 0.389 e. The number of rotatable bonds is 4. The fourth-order valence-electron chi connectivity index (χ4n) is 1.35. The van der Waals surface area contributed by atoms with Crippen molar-refractivity contribution in [3.63, 3.8) is 0 Å². The number of carbonyl (C=O) groups is 1. The predicted molar refractivity (Wildman–Crippen MR) is 74.3 cm³/mol. The lowest BCUT2D eigenvalue weighted by atomic mass is 9.91. The third-order valence-electron chi connectivity index (χ3n) is 2.59. The van der Waals surface area contributed by atoms with E-state index in [4.69, 9.17) is 0 Å². The van der Waals surface area contributed by atoms with E-state index in [-0.39, 0.29) is 11.2 Å². The maximum Gasteiger partial charge on any atom is 0.162 e. The van der Waals surface area contributed by atoms with Crippen LogP contribution in [0.5, 0.6) is 0 Å². The van der Waals surface area contributed by atoms with Crippen LogP contribution in [0.1, 0.15) is 39.4 Å². The van der Waals surface area contributed by atoms with Crippen molar-refractivity contribution in [1.82, 2.24) is 0 Å². The van der Waals surface area contributed by atoms with Crippen molar-refractivity contribution in [2.24, 2.45) is 5.41 Å². The van der Waals surface area contributed by atoms with E-state index >= 15 is 0 Å². The molecule has 0 unspecified atom stereocenters. The Morgan fingerprint density at radius 2 is 2.06 bits per heavy atom. The number of anilines is 1. The summed E-state index contributed by atoms with van der Waals surface area (Å²) in [5.74, 6) is 0.0710. The molecule has 1 rings (SSSR count). The molecule has 3 nitrogen and oxygen atoms in total. The number of nitrogens with one attached hydrogen (secondary N) is 1. The second-order valence-corrected chi connectivity index (χ2v) is 5.39. The van der Waals surface area contributed by atoms with Gasteiger partial charge < -0.3 is 10.4 Å². The van der Waals surface area contributed by atoms with Crippen molar-refractivity contribution >= 4 is 11.5 Å². The number of benzene rings is 1. The lowest BCUT2D eigenvalue weighted by Crippen LogP contribution is -2.17. The molecule has 1 atom stereocenters. The van der Waals surface area contributed by atoms with E-state index in [2.05, 4.69) is 5.32 Å². The summed E-state index contributed by atoms with van der Waals surface area (Å²) in [6.45, 7) is 7.37. The SMILES string of the molecule is C[C@@H](O)c1cccc(N/C=C/C(=O)C(C)(C)C)c1. The third kappa shape index (κ3) is 4.34. The lowest BCUT2D eigenvalue weighted by molar-refractivity contribution is -0.121. The fourth-order valence-corrected chi connectivity index (χ4v) is 1.35. The molecule has 18 heavy (non-hydrogen) atoms. The molecule has 0 aliphatic rings. The number of hydrogen-bond donors (Lipinski definition) is 2. The van der Waals surface area contributed by atoms with Crippen LogP contribution in [0.4, 0.5) is 5.69 Å². The van der Waals surface area contributed by atoms with Gasteiger partial charge in [0.2, 0.25) is 0 Å². The maximum absolute atomic E-state index is 11.7. The quantitative estimate of drug-likeness (QED) is 0.803. The Bertz CT molecular complexity index is 442. The summed E-state index contributed by atoms with van der Waals surface area (Å²) in [6.07, 6.45) is 2.68. The molecule has 2 N–H and O–H groups in total. The van der Waals surface area contributed by atoms with Crippen molar-refractivity contribution in [2.75, 3.05) is 5.32 Å². The third-order valence-corrected chi connectivity index (χ3v) is 2.59. The van der Waals surface area contributed by atoms with Crippen LogP contribution < -0.4 is 5.32 Å². The average Bonchev–Trinajstić information content (AvgIpc) is 2.28. The molecule has 0 aliphatic carbocycles. The van der Waals surface area contributed by atoms with Gasteiger partial charge in [-0.05, 0) is 30.7 Å². The van der Waals surface area contributed by atoms with Gasteiger partial charge in [-0.2, -0.15) is 0 Å². The van der Waals surface area contributed by atoms with Gasteiger partial charge in [0.05, 0.1) is 6.10 Å². The Balaban J connectivity index is 2.67. The van der Waals surface area contributed by atoms with Crippen LogP contribution in [-0.2, 0) is 4.79 Å². The smallest absolute Gasteiger partial charge is 0.162 e. The molecule has 1 aromatic carbocycles. The van der Waals surface area contributed by atoms with Crippen LogP contribution in [0.25, 0.3) is 0 Å². The van der Waals surface area contributed by atoms with Gasteiger partial charge in [0.1, 0.15) is 0 Å². The lowest BCUT2D eigenvalue weighted by Gasteiger charge is -2.13. The number of carbonyl (C=O) groups excluding carboxylic acids is 1. The molecule has 0 radical (unpaired) electrons. The zero-order valence-corrected chi connectivity index (χ0v) is 11.4. The number of allylic oxidation sites excluding steroid dienone is 1. The predicted octanol–water partition coefficient (Wildman–Crippen LogP) is 3.28. The van der Waals surface area contributed by atoms with Crippen LogP contribution in [0, 0.1) is 5.41 Å². The molecule has 3 heteroatoms. The molecular formula is C15H21NO2. The zero-order chi connectivity index (χ0) is 13.8. The topological polar surface area (TPSA) is 49.3 Å². The molecule has 0 aliphatic heterocycles. The highest BCUT2D eigenvalue weighted by molar-refractivity contribution is 5.94. The summed E-state index contributed by atoms with van der Waals surface area (Å²) in [5.41, 5.74) is 1.33. The van der Waals surface area contributed by atoms with E-state index < -0.39 is 6.10 Å². The van der Waals surface area contributed by atoms with Crippen LogP contribution in [-0.4, -0.2) is 10.9 Å². The van der Waals surface area contributed by atoms with Crippen LogP contribution in [0.2, 0.25) is 0 Å². The number of aliphatic hydroxyl groups is 1. The minimum Gasteiger partial charge on any atom is -0.389 e. The van der Waals surface area contributed by atoms with Crippen molar-refractivity contribution < 1.29 is 9.90 Å². The summed E-state index contributed by atoms with van der Waals surface area (Å²) in [6, 6.07) is 7.47. The summed E-state index contributed by atoms with van der Waals surface area (Å²) in [7, 11) is 0.